The number of aromatic nitrogens is 2. The van der Waals surface area contributed by atoms with Crippen LogP contribution in [0.3, 0.4) is 0 Å². The first-order valence-corrected chi connectivity index (χ1v) is 12.4. The predicted octanol–water partition coefficient (Wildman–Crippen LogP) is 2.81. The monoisotopic (exact) mass is 596 g/mol. The molecule has 0 unspecified atom stereocenters. The van der Waals surface area contributed by atoms with E-state index in [-0.39, 0.29) is 61.5 Å². The van der Waals surface area contributed by atoms with Crippen LogP contribution in [-0.4, -0.2) is 63.4 Å². The van der Waals surface area contributed by atoms with Crippen molar-refractivity contribution in [3.8, 4) is 0 Å². The van der Waals surface area contributed by atoms with E-state index in [2.05, 4.69) is 25.9 Å². The highest BCUT2D eigenvalue weighted by Gasteiger charge is 2.16. The molecule has 2 aromatic heterocycles. The fourth-order valence-corrected chi connectivity index (χ4v) is 2.33. The summed E-state index contributed by atoms with van der Waals surface area (Å²) >= 11 is 0. The van der Waals surface area contributed by atoms with Gasteiger partial charge in [0, 0.05) is 56.4 Å². The number of amides is 3. The number of anilines is 2. The van der Waals surface area contributed by atoms with Crippen molar-refractivity contribution in [1.29, 1.82) is 0 Å². The van der Waals surface area contributed by atoms with Crippen LogP contribution >= 0.6 is 0 Å². The molecular formula is C27H44N6O9. The molecule has 15 nitrogen and oxygen atoms in total. The zero-order chi connectivity index (χ0) is 31.6. The Balaban J connectivity index is 0. The number of carboxylic acids is 1. The van der Waals surface area contributed by atoms with Crippen LogP contribution in [0, 0.1) is 0 Å². The summed E-state index contributed by atoms with van der Waals surface area (Å²) in [5.74, 6) is -1.31. The quantitative estimate of drug-likeness (QED) is 0.247. The number of rotatable bonds is 7. The zero-order valence-corrected chi connectivity index (χ0v) is 24.1. The summed E-state index contributed by atoms with van der Waals surface area (Å²) in [6.45, 7) is 10.7. The number of alkyl carbamates (subject to hydrolysis) is 2. The third-order valence-corrected chi connectivity index (χ3v) is 3.98. The number of hydrogen-bond acceptors (Lipinski definition) is 9. The fourth-order valence-electron chi connectivity index (χ4n) is 2.33. The van der Waals surface area contributed by atoms with Crippen molar-refractivity contribution in [3.05, 3.63) is 57.4 Å². The molecule has 0 bridgehead atoms. The smallest absolute Gasteiger partial charge is 0.407 e. The number of carboxylic acid groups (broad SMARTS) is 1. The van der Waals surface area contributed by atoms with Crippen LogP contribution in [0.25, 0.3) is 0 Å². The molecule has 0 aromatic carbocycles. The SMILES string of the molecule is C.CC(C)(C)OC(=O)NCCC(=O)Nc1c[nH]ccc1=O.CC(C)(C)OC(=O)NCCC(=O)O.Nc1c[nH]ccc1=O. The summed E-state index contributed by atoms with van der Waals surface area (Å²) in [5, 5.41) is 15.5. The average molecular weight is 597 g/mol. The summed E-state index contributed by atoms with van der Waals surface area (Å²) in [5.41, 5.74) is 4.06. The molecular weight excluding hydrogens is 552 g/mol. The minimum atomic E-state index is -0.948. The molecule has 2 aromatic rings. The Hall–Kier alpha value is -4.82. The van der Waals surface area contributed by atoms with E-state index in [1.165, 1.54) is 30.7 Å². The minimum Gasteiger partial charge on any atom is -0.481 e. The van der Waals surface area contributed by atoms with E-state index in [0.29, 0.717) is 0 Å². The predicted molar refractivity (Wildman–Crippen MR) is 159 cm³/mol. The Labute approximate surface area is 244 Å². The maximum absolute atomic E-state index is 11.6. The van der Waals surface area contributed by atoms with Crippen LogP contribution in [0.1, 0.15) is 61.8 Å². The number of hydrogen-bond donors (Lipinski definition) is 7. The molecule has 0 aliphatic carbocycles. The number of pyridine rings is 2. The molecule has 0 atom stereocenters. The van der Waals surface area contributed by atoms with Gasteiger partial charge in [-0.05, 0) is 41.5 Å². The van der Waals surface area contributed by atoms with Crippen LogP contribution in [0.15, 0.2) is 46.5 Å². The standard InChI is InChI=1S/C13H19N3O4.C8H15NO4.C5H6N2O.CH4/c1-13(2,3)20-12(19)15-7-5-11(18)16-9-8-14-6-4-10(9)17;1-8(2,3)13-7(12)9-5-4-6(10)11;6-4-3-7-2-1-5(4)8;/h4,6,8H,5,7H2,1-3H3,(H,14,17)(H,15,19)(H,16,18);4-5H2,1-3H3,(H,9,12)(H,10,11);1-3H,6H2,(H,7,8);1H4. The summed E-state index contributed by atoms with van der Waals surface area (Å²) in [6.07, 6.45) is 4.66. The first-order valence-electron chi connectivity index (χ1n) is 12.4. The largest absolute Gasteiger partial charge is 0.481 e. The van der Waals surface area contributed by atoms with Gasteiger partial charge in [0.1, 0.15) is 16.9 Å². The lowest BCUT2D eigenvalue weighted by atomic mass is 10.2. The third kappa shape index (κ3) is 22.0. The molecule has 236 valence electrons. The number of H-pyrrole nitrogens is 2. The van der Waals surface area contributed by atoms with Gasteiger partial charge in [-0.1, -0.05) is 7.43 Å². The van der Waals surface area contributed by atoms with Crippen LogP contribution < -0.4 is 32.5 Å². The Kier molecular flexibility index (Phi) is 18.1. The number of carbonyl (C=O) groups excluding carboxylic acids is 3. The molecule has 8 N–H and O–H groups in total. The fraction of sp³-hybridized carbons (Fsp3) is 0.481. The molecule has 0 aliphatic rings. The van der Waals surface area contributed by atoms with E-state index in [4.69, 9.17) is 20.3 Å². The number of nitrogen functional groups attached to an aromatic ring is 1. The van der Waals surface area contributed by atoms with Crippen molar-refractivity contribution in [2.45, 2.75) is 73.0 Å². The van der Waals surface area contributed by atoms with E-state index in [0.717, 1.165) is 0 Å². The van der Waals surface area contributed by atoms with Crippen molar-refractivity contribution in [1.82, 2.24) is 20.6 Å². The van der Waals surface area contributed by atoms with Crippen molar-refractivity contribution in [3.63, 3.8) is 0 Å². The molecule has 0 saturated heterocycles. The van der Waals surface area contributed by atoms with Crippen molar-refractivity contribution in [2.24, 2.45) is 0 Å². The van der Waals surface area contributed by atoms with E-state index < -0.39 is 29.4 Å². The third-order valence-electron chi connectivity index (χ3n) is 3.98. The average Bonchev–Trinajstić information content (AvgIpc) is 2.81. The van der Waals surface area contributed by atoms with Gasteiger partial charge in [0.15, 0.2) is 0 Å². The molecule has 0 radical (unpaired) electrons. The summed E-state index contributed by atoms with van der Waals surface area (Å²) in [6, 6.07) is 2.70. The van der Waals surface area contributed by atoms with Gasteiger partial charge >= 0.3 is 18.2 Å². The van der Waals surface area contributed by atoms with Crippen molar-refractivity contribution in [2.75, 3.05) is 24.1 Å². The van der Waals surface area contributed by atoms with E-state index >= 15 is 0 Å². The summed E-state index contributed by atoms with van der Waals surface area (Å²) < 4.78 is 9.90. The molecule has 0 fully saturated rings. The van der Waals surface area contributed by atoms with Crippen LogP contribution in [0.5, 0.6) is 0 Å². The molecule has 0 saturated carbocycles. The van der Waals surface area contributed by atoms with Crippen LogP contribution in [0.2, 0.25) is 0 Å². The lowest BCUT2D eigenvalue weighted by Gasteiger charge is -2.19. The van der Waals surface area contributed by atoms with Gasteiger partial charge in [0.25, 0.3) is 0 Å². The first kappa shape index (κ1) is 39.3. The van der Waals surface area contributed by atoms with Gasteiger partial charge in [0.05, 0.1) is 12.1 Å². The minimum absolute atomic E-state index is 0. The second-order valence-electron chi connectivity index (χ2n) is 10.2. The highest BCUT2D eigenvalue weighted by atomic mass is 16.6. The molecule has 42 heavy (non-hydrogen) atoms. The van der Waals surface area contributed by atoms with Crippen LogP contribution in [-0.2, 0) is 19.1 Å². The Morgan fingerprint density at radius 2 is 1.26 bits per heavy atom. The Morgan fingerprint density at radius 1 is 0.810 bits per heavy atom. The van der Waals surface area contributed by atoms with E-state index in [1.807, 2.05) is 0 Å². The highest BCUT2D eigenvalue weighted by Crippen LogP contribution is 2.07. The van der Waals surface area contributed by atoms with Crippen molar-refractivity contribution >= 4 is 35.4 Å². The highest BCUT2D eigenvalue weighted by molar-refractivity contribution is 5.90. The number of ether oxygens (including phenoxy) is 2. The van der Waals surface area contributed by atoms with Gasteiger partial charge in [-0.15, -0.1) is 0 Å². The lowest BCUT2D eigenvalue weighted by molar-refractivity contribution is -0.136. The summed E-state index contributed by atoms with van der Waals surface area (Å²) in [7, 11) is 0. The summed E-state index contributed by atoms with van der Waals surface area (Å²) in [4.78, 5) is 71.1. The lowest BCUT2D eigenvalue weighted by Crippen LogP contribution is -2.34. The molecule has 3 amide bonds. The molecule has 15 heteroatoms. The Morgan fingerprint density at radius 3 is 1.64 bits per heavy atom. The molecule has 0 aliphatic heterocycles. The zero-order valence-electron chi connectivity index (χ0n) is 24.1. The number of nitrogens with two attached hydrogens (primary N) is 1. The van der Waals surface area contributed by atoms with E-state index in [9.17, 15) is 28.8 Å². The second kappa shape index (κ2) is 19.3. The topological polar surface area (TPSA) is 235 Å². The van der Waals surface area contributed by atoms with Gasteiger partial charge in [-0.3, -0.25) is 19.2 Å². The molecule has 2 rings (SSSR count). The van der Waals surface area contributed by atoms with Gasteiger partial charge in [-0.25, -0.2) is 9.59 Å². The Bertz CT molecular complexity index is 1240. The molecule has 0 spiro atoms. The number of aromatic amines is 2. The van der Waals surface area contributed by atoms with Gasteiger partial charge < -0.3 is 46.2 Å². The maximum Gasteiger partial charge on any atom is 0.407 e. The molecule has 2 heterocycles. The first-order chi connectivity index (χ1) is 18.9. The number of carbonyl (C=O) groups is 4. The number of nitrogens with one attached hydrogen (secondary N) is 5. The van der Waals surface area contributed by atoms with Gasteiger partial charge in [0.2, 0.25) is 16.8 Å². The van der Waals surface area contributed by atoms with E-state index in [1.54, 1.807) is 47.7 Å². The van der Waals surface area contributed by atoms with Crippen LogP contribution in [0.4, 0.5) is 21.0 Å². The van der Waals surface area contributed by atoms with Crippen molar-refractivity contribution < 1.29 is 33.8 Å². The normalized spacial score (nSPS) is 10.1. The number of aliphatic carboxylic acids is 1. The maximum atomic E-state index is 11.6. The second-order valence-corrected chi connectivity index (χ2v) is 10.2. The van der Waals surface area contributed by atoms with Gasteiger partial charge in [-0.2, -0.15) is 0 Å².